The normalized spacial score (nSPS) is 9.20. The molecule has 1 aromatic rings. The summed E-state index contributed by atoms with van der Waals surface area (Å²) < 4.78 is 0. The Kier molecular flexibility index (Phi) is 2.11. The van der Waals surface area contributed by atoms with Crippen molar-refractivity contribution in [2.45, 2.75) is 6.42 Å². The molecule has 0 heterocycles. The van der Waals surface area contributed by atoms with Gasteiger partial charge in [0.15, 0.2) is 0 Å². The van der Waals surface area contributed by atoms with E-state index >= 15 is 0 Å². The molecule has 0 aliphatic carbocycles. The zero-order chi connectivity index (χ0) is 7.40. The van der Waals surface area contributed by atoms with E-state index in [4.69, 9.17) is 5.73 Å². The van der Waals surface area contributed by atoms with Crippen molar-refractivity contribution in [1.82, 2.24) is 0 Å². The maximum absolute atomic E-state index is 5.50. The molecule has 0 fully saturated rings. The Morgan fingerprint density at radius 3 is 2.40 bits per heavy atom. The molecule has 0 aliphatic rings. The predicted octanol–water partition coefficient (Wildman–Crippen LogP) is 2.00. The van der Waals surface area contributed by atoms with E-state index in [9.17, 15) is 0 Å². The van der Waals surface area contributed by atoms with Gasteiger partial charge in [-0.25, -0.2) is 0 Å². The van der Waals surface area contributed by atoms with Gasteiger partial charge >= 0.3 is 0 Å². The van der Waals surface area contributed by atoms with Crippen LogP contribution in [0.25, 0.3) is 0 Å². The van der Waals surface area contributed by atoms with Gasteiger partial charge in [0.2, 0.25) is 0 Å². The molecule has 0 spiro atoms. The summed E-state index contributed by atoms with van der Waals surface area (Å²) in [5, 5.41) is 0. The molecule has 0 saturated carbocycles. The van der Waals surface area contributed by atoms with Gasteiger partial charge in [-0.1, -0.05) is 18.2 Å². The van der Waals surface area contributed by atoms with E-state index in [1.54, 1.807) is 0 Å². The second-order valence-electron chi connectivity index (χ2n) is 2.23. The van der Waals surface area contributed by atoms with E-state index in [1.165, 1.54) is 5.56 Å². The van der Waals surface area contributed by atoms with Crippen molar-refractivity contribution in [3.63, 3.8) is 0 Å². The van der Waals surface area contributed by atoms with Gasteiger partial charge in [-0.2, -0.15) is 0 Å². The zero-order valence-electron chi connectivity index (χ0n) is 5.88. The molecule has 0 unspecified atom stereocenters. The van der Waals surface area contributed by atoms with Crippen LogP contribution in [0, 0.1) is 0 Å². The number of nitrogen functional groups attached to an aromatic ring is 1. The van der Waals surface area contributed by atoms with Crippen LogP contribution >= 0.6 is 0 Å². The average molecular weight is 133 g/mol. The summed E-state index contributed by atoms with van der Waals surface area (Å²) in [4.78, 5) is 0. The molecule has 2 N–H and O–H groups in total. The largest absolute Gasteiger partial charge is 0.399 e. The Bertz CT molecular complexity index is 211. The highest BCUT2D eigenvalue weighted by Gasteiger charge is 1.86. The fourth-order valence-electron chi connectivity index (χ4n) is 0.820. The van der Waals surface area contributed by atoms with Crippen molar-refractivity contribution >= 4 is 5.69 Å². The smallest absolute Gasteiger partial charge is 0.0314 e. The minimum Gasteiger partial charge on any atom is -0.399 e. The standard InChI is InChI=1S/C9H11N/c1-2-3-8-4-6-9(10)7-5-8/h2,4-7H,1,3,10H2. The summed E-state index contributed by atoms with van der Waals surface area (Å²) in [7, 11) is 0. The monoisotopic (exact) mass is 133 g/mol. The number of anilines is 1. The summed E-state index contributed by atoms with van der Waals surface area (Å²) in [6.07, 6.45) is 2.80. The number of allylic oxidation sites excluding steroid dienone is 1. The molecule has 10 heavy (non-hydrogen) atoms. The SMILES string of the molecule is C=CCc1ccc(N)cc1. The highest BCUT2D eigenvalue weighted by Crippen LogP contribution is 2.05. The first-order valence-electron chi connectivity index (χ1n) is 3.28. The van der Waals surface area contributed by atoms with Crippen LogP contribution in [0.2, 0.25) is 0 Å². The number of hydrogen-bond donors (Lipinski definition) is 1. The van der Waals surface area contributed by atoms with Crippen LogP contribution in [0.15, 0.2) is 36.9 Å². The minimum absolute atomic E-state index is 0.813. The summed E-state index contributed by atoms with van der Waals surface area (Å²) >= 11 is 0. The first-order chi connectivity index (χ1) is 4.83. The third-order valence-electron chi connectivity index (χ3n) is 1.36. The van der Waals surface area contributed by atoms with E-state index < -0.39 is 0 Å². The van der Waals surface area contributed by atoms with Gasteiger partial charge in [-0.05, 0) is 24.1 Å². The van der Waals surface area contributed by atoms with Crippen LogP contribution in [-0.2, 0) is 6.42 Å². The van der Waals surface area contributed by atoms with Crippen molar-refractivity contribution in [3.8, 4) is 0 Å². The molecule has 0 aliphatic heterocycles. The quantitative estimate of drug-likeness (QED) is 0.484. The van der Waals surface area contributed by atoms with E-state index in [0.29, 0.717) is 0 Å². The summed E-state index contributed by atoms with van der Waals surface area (Å²) in [5.74, 6) is 0. The van der Waals surface area contributed by atoms with Crippen molar-refractivity contribution in [2.75, 3.05) is 5.73 Å². The highest BCUT2D eigenvalue weighted by atomic mass is 14.5. The third kappa shape index (κ3) is 1.62. The maximum Gasteiger partial charge on any atom is 0.0314 e. The van der Waals surface area contributed by atoms with E-state index in [2.05, 4.69) is 6.58 Å². The van der Waals surface area contributed by atoms with Crippen LogP contribution < -0.4 is 5.73 Å². The third-order valence-corrected chi connectivity index (χ3v) is 1.36. The van der Waals surface area contributed by atoms with Gasteiger partial charge in [-0.3, -0.25) is 0 Å². The maximum atomic E-state index is 5.50. The van der Waals surface area contributed by atoms with Gasteiger partial charge in [-0.15, -0.1) is 6.58 Å². The number of nitrogens with two attached hydrogens (primary N) is 1. The Morgan fingerprint density at radius 2 is 1.90 bits per heavy atom. The average Bonchev–Trinajstić information content (AvgIpc) is 1.95. The molecule has 52 valence electrons. The Balaban J connectivity index is 2.78. The van der Waals surface area contributed by atoms with Crippen LogP contribution in [0.4, 0.5) is 5.69 Å². The van der Waals surface area contributed by atoms with E-state index in [1.807, 2.05) is 30.3 Å². The predicted molar refractivity (Wildman–Crippen MR) is 44.8 cm³/mol. The lowest BCUT2D eigenvalue weighted by Gasteiger charge is -1.95. The van der Waals surface area contributed by atoms with Crippen molar-refractivity contribution in [2.24, 2.45) is 0 Å². The van der Waals surface area contributed by atoms with E-state index in [-0.39, 0.29) is 0 Å². The Hall–Kier alpha value is -1.24. The molecule has 0 atom stereocenters. The van der Waals surface area contributed by atoms with Gasteiger partial charge in [0.05, 0.1) is 0 Å². The van der Waals surface area contributed by atoms with Gasteiger partial charge < -0.3 is 5.73 Å². The molecular weight excluding hydrogens is 122 g/mol. The lowest BCUT2D eigenvalue weighted by atomic mass is 10.1. The molecule has 0 amide bonds. The van der Waals surface area contributed by atoms with Crippen LogP contribution in [0.1, 0.15) is 5.56 Å². The Labute approximate surface area is 61.2 Å². The molecule has 0 saturated heterocycles. The molecule has 0 bridgehead atoms. The minimum atomic E-state index is 0.813. The van der Waals surface area contributed by atoms with Gasteiger partial charge in [0.1, 0.15) is 0 Å². The first kappa shape index (κ1) is 6.87. The van der Waals surface area contributed by atoms with Crippen molar-refractivity contribution in [3.05, 3.63) is 42.5 Å². The van der Waals surface area contributed by atoms with Gasteiger partial charge in [0.25, 0.3) is 0 Å². The fourth-order valence-corrected chi connectivity index (χ4v) is 0.820. The van der Waals surface area contributed by atoms with Crippen LogP contribution in [0.5, 0.6) is 0 Å². The fraction of sp³-hybridized carbons (Fsp3) is 0.111. The first-order valence-corrected chi connectivity index (χ1v) is 3.28. The zero-order valence-corrected chi connectivity index (χ0v) is 5.88. The van der Waals surface area contributed by atoms with Crippen molar-refractivity contribution < 1.29 is 0 Å². The Morgan fingerprint density at radius 1 is 1.30 bits per heavy atom. The van der Waals surface area contributed by atoms with Crippen LogP contribution in [-0.4, -0.2) is 0 Å². The molecule has 0 radical (unpaired) electrons. The lowest BCUT2D eigenvalue weighted by Crippen LogP contribution is -1.84. The number of benzene rings is 1. The summed E-state index contributed by atoms with van der Waals surface area (Å²) in [5.41, 5.74) is 7.56. The van der Waals surface area contributed by atoms with E-state index in [0.717, 1.165) is 12.1 Å². The molecule has 1 heteroatoms. The lowest BCUT2D eigenvalue weighted by molar-refractivity contribution is 1.28. The molecule has 0 aromatic heterocycles. The second-order valence-corrected chi connectivity index (χ2v) is 2.23. The van der Waals surface area contributed by atoms with Crippen molar-refractivity contribution in [1.29, 1.82) is 0 Å². The summed E-state index contributed by atoms with van der Waals surface area (Å²) in [6, 6.07) is 7.83. The molecular formula is C9H11N. The topological polar surface area (TPSA) is 26.0 Å². The number of hydrogen-bond acceptors (Lipinski definition) is 1. The van der Waals surface area contributed by atoms with Gasteiger partial charge in [0, 0.05) is 5.69 Å². The molecule has 1 rings (SSSR count). The summed E-state index contributed by atoms with van der Waals surface area (Å²) in [6.45, 7) is 3.65. The second kappa shape index (κ2) is 3.06. The molecule has 1 aromatic carbocycles. The van der Waals surface area contributed by atoms with Crippen LogP contribution in [0.3, 0.4) is 0 Å². The highest BCUT2D eigenvalue weighted by molar-refractivity contribution is 5.39. The number of rotatable bonds is 2. The molecule has 1 nitrogen and oxygen atoms in total.